The summed E-state index contributed by atoms with van der Waals surface area (Å²) in [5.74, 6) is 2.35. The second-order valence-electron chi connectivity index (χ2n) is 5.23. The van der Waals surface area contributed by atoms with Crippen molar-refractivity contribution in [2.24, 2.45) is 0 Å². The lowest BCUT2D eigenvalue weighted by Gasteiger charge is -2.36. The number of halogens is 1. The van der Waals surface area contributed by atoms with Gasteiger partial charge in [0.1, 0.15) is 0 Å². The molecule has 0 atom stereocenters. The molecule has 6 nitrogen and oxygen atoms in total. The van der Waals surface area contributed by atoms with E-state index in [0.717, 1.165) is 49.2 Å². The summed E-state index contributed by atoms with van der Waals surface area (Å²) in [5.41, 5.74) is 1.13. The summed E-state index contributed by atoms with van der Waals surface area (Å²) >= 11 is 5.78. The second kappa shape index (κ2) is 6.91. The van der Waals surface area contributed by atoms with E-state index in [2.05, 4.69) is 26.1 Å². The fourth-order valence-electron chi connectivity index (χ4n) is 2.69. The first-order valence-corrected chi connectivity index (χ1v) is 7.80. The first-order chi connectivity index (χ1) is 11.2. The molecule has 1 aromatic heterocycles. The van der Waals surface area contributed by atoms with Gasteiger partial charge in [-0.25, -0.2) is 0 Å². The average Bonchev–Trinajstić information content (AvgIpc) is 2.62. The molecule has 0 saturated carbocycles. The zero-order chi connectivity index (χ0) is 16.2. The molecule has 2 aromatic rings. The number of aromatic nitrogens is 2. The monoisotopic (exact) mass is 334 g/mol. The van der Waals surface area contributed by atoms with Crippen molar-refractivity contribution in [2.45, 2.75) is 0 Å². The van der Waals surface area contributed by atoms with Crippen LogP contribution in [0.25, 0.3) is 0 Å². The van der Waals surface area contributed by atoms with Gasteiger partial charge in [0.25, 0.3) is 0 Å². The SMILES string of the molecule is COc1ccc(N2CCN(c3ccc(Cl)nn3)CC2)cc1OC. The maximum atomic E-state index is 5.78. The van der Waals surface area contributed by atoms with Gasteiger partial charge in [0.15, 0.2) is 22.5 Å². The third kappa shape index (κ3) is 3.42. The summed E-state index contributed by atoms with van der Waals surface area (Å²) in [6.07, 6.45) is 0. The third-order valence-electron chi connectivity index (χ3n) is 3.95. The van der Waals surface area contributed by atoms with Crippen molar-refractivity contribution in [3.05, 3.63) is 35.5 Å². The fourth-order valence-corrected chi connectivity index (χ4v) is 2.79. The Balaban J connectivity index is 1.68. The summed E-state index contributed by atoms with van der Waals surface area (Å²) < 4.78 is 10.7. The molecule has 1 aromatic carbocycles. The third-order valence-corrected chi connectivity index (χ3v) is 4.16. The summed E-state index contributed by atoms with van der Waals surface area (Å²) in [6.45, 7) is 3.56. The highest BCUT2D eigenvalue weighted by Crippen LogP contribution is 2.32. The molecular formula is C16H19ClN4O2. The quantitative estimate of drug-likeness (QED) is 0.856. The van der Waals surface area contributed by atoms with E-state index in [4.69, 9.17) is 21.1 Å². The lowest BCUT2D eigenvalue weighted by Crippen LogP contribution is -2.46. The van der Waals surface area contributed by atoms with E-state index in [9.17, 15) is 0 Å². The molecule has 0 amide bonds. The normalized spacial score (nSPS) is 14.7. The molecule has 7 heteroatoms. The Bertz CT molecular complexity index is 658. The van der Waals surface area contributed by atoms with Crippen LogP contribution in [0.5, 0.6) is 11.5 Å². The number of benzene rings is 1. The first kappa shape index (κ1) is 15.7. The molecule has 2 heterocycles. The Morgan fingerprint density at radius 1 is 0.870 bits per heavy atom. The maximum Gasteiger partial charge on any atom is 0.162 e. The maximum absolute atomic E-state index is 5.78. The molecule has 0 bridgehead atoms. The van der Waals surface area contributed by atoms with Crippen molar-refractivity contribution < 1.29 is 9.47 Å². The number of rotatable bonds is 4. The highest BCUT2D eigenvalue weighted by atomic mass is 35.5. The number of nitrogens with zero attached hydrogens (tertiary/aromatic N) is 4. The van der Waals surface area contributed by atoms with Crippen LogP contribution in [-0.4, -0.2) is 50.6 Å². The smallest absolute Gasteiger partial charge is 0.162 e. The van der Waals surface area contributed by atoms with Crippen LogP contribution in [0.15, 0.2) is 30.3 Å². The van der Waals surface area contributed by atoms with Gasteiger partial charge in [-0.05, 0) is 24.3 Å². The van der Waals surface area contributed by atoms with Gasteiger partial charge < -0.3 is 19.3 Å². The molecule has 1 aliphatic rings. The lowest BCUT2D eigenvalue weighted by atomic mass is 10.2. The van der Waals surface area contributed by atoms with Gasteiger partial charge in [0.05, 0.1) is 14.2 Å². The van der Waals surface area contributed by atoms with Crippen LogP contribution in [0.2, 0.25) is 5.15 Å². The molecule has 0 aliphatic carbocycles. The number of hydrogen-bond donors (Lipinski definition) is 0. The topological polar surface area (TPSA) is 50.7 Å². The predicted molar refractivity (Wildman–Crippen MR) is 91.0 cm³/mol. The molecule has 1 aliphatic heterocycles. The van der Waals surface area contributed by atoms with Gasteiger partial charge in [0.2, 0.25) is 0 Å². The van der Waals surface area contributed by atoms with Crippen molar-refractivity contribution in [1.29, 1.82) is 0 Å². The number of anilines is 2. The van der Waals surface area contributed by atoms with Gasteiger partial charge in [-0.1, -0.05) is 11.6 Å². The fraction of sp³-hybridized carbons (Fsp3) is 0.375. The van der Waals surface area contributed by atoms with E-state index in [-0.39, 0.29) is 0 Å². The summed E-state index contributed by atoms with van der Waals surface area (Å²) in [6, 6.07) is 9.67. The number of ether oxygens (including phenoxy) is 2. The molecule has 122 valence electrons. The second-order valence-corrected chi connectivity index (χ2v) is 5.61. The van der Waals surface area contributed by atoms with Crippen LogP contribution in [-0.2, 0) is 0 Å². The van der Waals surface area contributed by atoms with Crippen molar-refractivity contribution in [3.8, 4) is 11.5 Å². The minimum atomic E-state index is 0.415. The number of piperazine rings is 1. The van der Waals surface area contributed by atoms with Crippen molar-refractivity contribution in [3.63, 3.8) is 0 Å². The minimum Gasteiger partial charge on any atom is -0.493 e. The van der Waals surface area contributed by atoms with Crippen molar-refractivity contribution >= 4 is 23.1 Å². The van der Waals surface area contributed by atoms with Crippen LogP contribution in [0.3, 0.4) is 0 Å². The molecule has 0 unspecified atom stereocenters. The zero-order valence-electron chi connectivity index (χ0n) is 13.2. The van der Waals surface area contributed by atoms with Gasteiger partial charge in [-0.2, -0.15) is 0 Å². The Morgan fingerprint density at radius 2 is 1.57 bits per heavy atom. The van der Waals surface area contributed by atoms with Crippen LogP contribution in [0.1, 0.15) is 0 Å². The summed E-state index contributed by atoms with van der Waals surface area (Å²) in [7, 11) is 3.29. The van der Waals surface area contributed by atoms with E-state index in [1.165, 1.54) is 0 Å². The first-order valence-electron chi connectivity index (χ1n) is 7.42. The number of methoxy groups -OCH3 is 2. The Morgan fingerprint density at radius 3 is 2.17 bits per heavy atom. The van der Waals surface area contributed by atoms with E-state index in [1.807, 2.05) is 18.2 Å². The standard InChI is InChI=1S/C16H19ClN4O2/c1-22-13-4-3-12(11-14(13)23-2)20-7-9-21(10-8-20)16-6-5-15(17)18-19-16/h3-6,11H,7-10H2,1-2H3. The number of hydrogen-bond acceptors (Lipinski definition) is 6. The molecule has 0 N–H and O–H groups in total. The Hall–Kier alpha value is -2.21. The van der Waals surface area contributed by atoms with E-state index in [1.54, 1.807) is 20.3 Å². The van der Waals surface area contributed by atoms with Gasteiger partial charge in [-0.15, -0.1) is 10.2 Å². The van der Waals surface area contributed by atoms with Crippen molar-refractivity contribution in [1.82, 2.24) is 10.2 Å². The minimum absolute atomic E-state index is 0.415. The molecule has 1 fully saturated rings. The van der Waals surface area contributed by atoms with Crippen molar-refractivity contribution in [2.75, 3.05) is 50.2 Å². The molecular weight excluding hydrogens is 316 g/mol. The Kier molecular flexibility index (Phi) is 4.71. The van der Waals surface area contributed by atoms with Gasteiger partial charge >= 0.3 is 0 Å². The molecule has 3 rings (SSSR count). The van der Waals surface area contributed by atoms with Crippen LogP contribution >= 0.6 is 11.6 Å². The van der Waals surface area contributed by atoms with Crippen LogP contribution < -0.4 is 19.3 Å². The van der Waals surface area contributed by atoms with E-state index >= 15 is 0 Å². The Labute approximate surface area is 140 Å². The molecule has 23 heavy (non-hydrogen) atoms. The van der Waals surface area contributed by atoms with Crippen LogP contribution in [0.4, 0.5) is 11.5 Å². The summed E-state index contributed by atoms with van der Waals surface area (Å²) in [4.78, 5) is 4.53. The van der Waals surface area contributed by atoms with Crippen LogP contribution in [0, 0.1) is 0 Å². The lowest BCUT2D eigenvalue weighted by molar-refractivity contribution is 0.355. The van der Waals surface area contributed by atoms with E-state index < -0.39 is 0 Å². The zero-order valence-corrected chi connectivity index (χ0v) is 14.0. The highest BCUT2D eigenvalue weighted by Gasteiger charge is 2.19. The highest BCUT2D eigenvalue weighted by molar-refractivity contribution is 6.29. The molecule has 0 radical (unpaired) electrons. The average molecular weight is 335 g/mol. The largest absolute Gasteiger partial charge is 0.493 e. The molecule has 1 saturated heterocycles. The predicted octanol–water partition coefficient (Wildman–Crippen LogP) is 2.47. The molecule has 0 spiro atoms. The van der Waals surface area contributed by atoms with E-state index in [0.29, 0.717) is 5.15 Å². The van der Waals surface area contributed by atoms with Gasteiger partial charge in [0, 0.05) is 37.9 Å². The van der Waals surface area contributed by atoms with Gasteiger partial charge in [-0.3, -0.25) is 0 Å². The summed E-state index contributed by atoms with van der Waals surface area (Å²) in [5, 5.41) is 8.46.